The average Bonchev–Trinajstić information content (AvgIpc) is 3.40. The van der Waals surface area contributed by atoms with Gasteiger partial charge in [0.1, 0.15) is 16.7 Å². The summed E-state index contributed by atoms with van der Waals surface area (Å²) in [7, 11) is -3.56. The highest BCUT2D eigenvalue weighted by molar-refractivity contribution is 7.89. The van der Waals surface area contributed by atoms with Crippen molar-refractivity contribution in [1.82, 2.24) is 15.0 Å². The number of nitrogens with one attached hydrogen (secondary N) is 3. The van der Waals surface area contributed by atoms with Gasteiger partial charge in [0.2, 0.25) is 10.0 Å². The fourth-order valence-electron chi connectivity index (χ4n) is 3.37. The summed E-state index contributed by atoms with van der Waals surface area (Å²) >= 11 is 1.58. The summed E-state index contributed by atoms with van der Waals surface area (Å²) in [4.78, 5) is 9.41. The van der Waals surface area contributed by atoms with Crippen LogP contribution in [-0.4, -0.2) is 32.3 Å². The van der Waals surface area contributed by atoms with Crippen LogP contribution in [-0.2, 0) is 10.0 Å². The van der Waals surface area contributed by atoms with Crippen molar-refractivity contribution in [3.63, 3.8) is 0 Å². The predicted octanol–water partition coefficient (Wildman–Crippen LogP) is 4.11. The first kappa shape index (κ1) is 24.3. The molecular formula is C25H24N6O2S2. The first-order valence-electron chi connectivity index (χ1n) is 11.0. The molecule has 4 rings (SSSR count). The number of nitrogens with zero attached hydrogens (tertiary/aromatic N) is 3. The molecule has 0 saturated carbocycles. The second-order valence-electron chi connectivity index (χ2n) is 7.58. The molecule has 35 heavy (non-hydrogen) atoms. The molecule has 0 saturated heterocycles. The minimum Gasteiger partial charge on any atom is -0.369 e. The number of rotatable bonds is 8. The van der Waals surface area contributed by atoms with Gasteiger partial charge in [0.05, 0.1) is 16.5 Å². The van der Waals surface area contributed by atoms with E-state index in [9.17, 15) is 8.42 Å². The molecule has 0 unspecified atom stereocenters. The van der Waals surface area contributed by atoms with Crippen molar-refractivity contribution in [2.24, 2.45) is 4.99 Å². The number of amidine groups is 1. The fraction of sp³-hybridized carbons (Fsp3) is 0.160. The van der Waals surface area contributed by atoms with Crippen LogP contribution in [0.15, 0.2) is 94.0 Å². The number of aromatic nitrogens is 1. The molecule has 8 nitrogen and oxygen atoms in total. The molecule has 0 bridgehead atoms. The van der Waals surface area contributed by atoms with Crippen LogP contribution in [0, 0.1) is 11.3 Å². The molecule has 1 aliphatic rings. The monoisotopic (exact) mass is 504 g/mol. The van der Waals surface area contributed by atoms with E-state index in [-0.39, 0.29) is 11.4 Å². The van der Waals surface area contributed by atoms with Crippen LogP contribution in [0.4, 0.5) is 5.69 Å². The Balaban J connectivity index is 1.46. The number of anilines is 1. The second-order valence-corrected chi connectivity index (χ2v) is 10.2. The molecule has 0 amide bonds. The third-order valence-corrected chi connectivity index (χ3v) is 7.40. The predicted molar refractivity (Wildman–Crippen MR) is 139 cm³/mol. The van der Waals surface area contributed by atoms with E-state index in [0.717, 1.165) is 29.1 Å². The van der Waals surface area contributed by atoms with E-state index in [1.165, 1.54) is 0 Å². The summed E-state index contributed by atoms with van der Waals surface area (Å²) in [6.07, 6.45) is 7.30. The van der Waals surface area contributed by atoms with E-state index in [1.807, 2.05) is 29.7 Å². The number of thiazole rings is 1. The van der Waals surface area contributed by atoms with Crippen molar-refractivity contribution in [2.75, 3.05) is 18.4 Å². The minimum atomic E-state index is -3.56. The van der Waals surface area contributed by atoms with Gasteiger partial charge < -0.3 is 10.6 Å². The smallest absolute Gasteiger partial charge is 0.240 e. The Labute approximate surface area is 208 Å². The normalized spacial score (nSPS) is 18.4. The van der Waals surface area contributed by atoms with Crippen molar-refractivity contribution in [1.29, 1.82) is 5.26 Å². The maximum Gasteiger partial charge on any atom is 0.240 e. The number of nitriles is 1. The minimum absolute atomic E-state index is 0.211. The Kier molecular flexibility index (Phi) is 8.05. The van der Waals surface area contributed by atoms with Gasteiger partial charge in [-0.05, 0) is 67.0 Å². The van der Waals surface area contributed by atoms with Crippen molar-refractivity contribution in [3.05, 3.63) is 94.7 Å². The summed E-state index contributed by atoms with van der Waals surface area (Å²) in [6.45, 7) is 0.581. The van der Waals surface area contributed by atoms with Gasteiger partial charge in [-0.3, -0.25) is 0 Å². The zero-order chi connectivity index (χ0) is 24.5. The number of hydrogen-bond acceptors (Lipinski definition) is 8. The number of benzene rings is 2. The highest BCUT2D eigenvalue weighted by Crippen LogP contribution is 2.24. The van der Waals surface area contributed by atoms with E-state index in [0.29, 0.717) is 23.8 Å². The van der Waals surface area contributed by atoms with Gasteiger partial charge in [-0.25, -0.2) is 23.1 Å². The molecule has 3 N–H and O–H groups in total. The van der Waals surface area contributed by atoms with Crippen LogP contribution in [0.5, 0.6) is 0 Å². The second kappa shape index (κ2) is 11.6. The SMILES string of the molecule is N#Cc1ccc(NC2=N/C(NCCNS(=O)(=O)c3ccccc3)=C\CC/C(c3nccs3)=C\2)cc1. The molecule has 0 aliphatic carbocycles. The van der Waals surface area contributed by atoms with Gasteiger partial charge in [0.15, 0.2) is 0 Å². The Morgan fingerprint density at radius 3 is 2.57 bits per heavy atom. The number of allylic oxidation sites excluding steroid dienone is 2. The average molecular weight is 505 g/mol. The van der Waals surface area contributed by atoms with E-state index < -0.39 is 10.0 Å². The molecule has 2 heterocycles. The lowest BCUT2D eigenvalue weighted by molar-refractivity contribution is 0.579. The molecule has 3 aromatic rings. The molecule has 0 atom stereocenters. The molecule has 0 spiro atoms. The van der Waals surface area contributed by atoms with Crippen LogP contribution in [0.1, 0.15) is 23.4 Å². The van der Waals surface area contributed by atoms with E-state index in [4.69, 9.17) is 10.3 Å². The van der Waals surface area contributed by atoms with Crippen LogP contribution in [0.3, 0.4) is 0 Å². The molecule has 1 aromatic heterocycles. The zero-order valence-corrected chi connectivity index (χ0v) is 20.4. The van der Waals surface area contributed by atoms with Crippen molar-refractivity contribution in [2.45, 2.75) is 17.7 Å². The Hall–Kier alpha value is -3.78. The number of sulfonamides is 1. The van der Waals surface area contributed by atoms with Crippen molar-refractivity contribution >= 4 is 38.5 Å². The van der Waals surface area contributed by atoms with Crippen molar-refractivity contribution < 1.29 is 8.42 Å². The van der Waals surface area contributed by atoms with Gasteiger partial charge in [-0.15, -0.1) is 11.3 Å². The first-order valence-corrected chi connectivity index (χ1v) is 13.3. The van der Waals surface area contributed by atoms with E-state index >= 15 is 0 Å². The third kappa shape index (κ3) is 6.86. The maximum atomic E-state index is 12.4. The molecule has 2 aromatic carbocycles. The zero-order valence-electron chi connectivity index (χ0n) is 18.8. The van der Waals surface area contributed by atoms with E-state index in [1.54, 1.807) is 60.0 Å². The van der Waals surface area contributed by atoms with Crippen molar-refractivity contribution in [3.8, 4) is 6.07 Å². The van der Waals surface area contributed by atoms with Crippen LogP contribution in [0.25, 0.3) is 5.57 Å². The number of aliphatic imine (C=N–C) groups is 1. The maximum absolute atomic E-state index is 12.4. The standard InChI is InChI=1S/C25H24N6O2S2/c26-18-19-9-11-21(12-10-19)30-24-17-20(25-28-15-16-34-25)5-4-8-23(31-24)27-13-14-29-35(32,33)22-6-2-1-3-7-22/h1-3,6-12,15-17,27,29H,4-5,13-14H2,(H,30,31)/b20-17+,23-8-. The summed E-state index contributed by atoms with van der Waals surface area (Å²) in [5.41, 5.74) is 2.45. The Morgan fingerprint density at radius 1 is 1.06 bits per heavy atom. The summed E-state index contributed by atoms with van der Waals surface area (Å²) in [5, 5.41) is 18.5. The lowest BCUT2D eigenvalue weighted by Crippen LogP contribution is -2.31. The quantitative estimate of drug-likeness (QED) is 0.397. The molecule has 178 valence electrons. The van der Waals surface area contributed by atoms with Gasteiger partial charge in [0, 0.05) is 30.4 Å². The molecule has 1 aliphatic heterocycles. The fourth-order valence-corrected chi connectivity index (χ4v) is 5.11. The lowest BCUT2D eigenvalue weighted by Gasteiger charge is -2.15. The molecular weight excluding hydrogens is 480 g/mol. The molecule has 10 heteroatoms. The topological polar surface area (TPSA) is 119 Å². The lowest BCUT2D eigenvalue weighted by atomic mass is 10.1. The highest BCUT2D eigenvalue weighted by Gasteiger charge is 2.13. The van der Waals surface area contributed by atoms with Gasteiger partial charge in [0.25, 0.3) is 0 Å². The van der Waals surface area contributed by atoms with Gasteiger partial charge >= 0.3 is 0 Å². The van der Waals surface area contributed by atoms with Crippen LogP contribution < -0.4 is 15.4 Å². The largest absolute Gasteiger partial charge is 0.369 e. The van der Waals surface area contributed by atoms with Crippen LogP contribution in [0.2, 0.25) is 0 Å². The van der Waals surface area contributed by atoms with Gasteiger partial charge in [-0.2, -0.15) is 5.26 Å². The first-order chi connectivity index (χ1) is 17.0. The Bertz CT molecular complexity index is 1370. The summed E-state index contributed by atoms with van der Waals surface area (Å²) in [6, 6.07) is 17.5. The van der Waals surface area contributed by atoms with E-state index in [2.05, 4.69) is 26.4 Å². The molecule has 0 fully saturated rings. The number of hydrogen-bond donors (Lipinski definition) is 3. The third-order valence-electron chi connectivity index (χ3n) is 5.07. The van der Waals surface area contributed by atoms with Gasteiger partial charge in [-0.1, -0.05) is 18.2 Å². The summed E-state index contributed by atoms with van der Waals surface area (Å²) < 4.78 is 27.4. The highest BCUT2D eigenvalue weighted by atomic mass is 32.2. The Morgan fingerprint density at radius 2 is 1.86 bits per heavy atom. The van der Waals surface area contributed by atoms with Crippen LogP contribution >= 0.6 is 11.3 Å². The summed E-state index contributed by atoms with van der Waals surface area (Å²) in [5.74, 6) is 1.26. The molecule has 0 radical (unpaired) electrons.